The number of carboxylic acid groups (broad SMARTS) is 2. The maximum absolute atomic E-state index is 13.2. The second kappa shape index (κ2) is 11.3. The molecule has 2 saturated heterocycles. The molecule has 4 amide bonds. The molecule has 1 aromatic rings. The van der Waals surface area contributed by atoms with Gasteiger partial charge in [0.2, 0.25) is 17.7 Å². The van der Waals surface area contributed by atoms with Crippen LogP contribution in [-0.2, 0) is 31.0 Å². The van der Waals surface area contributed by atoms with Crippen LogP contribution in [0.3, 0.4) is 0 Å². The van der Waals surface area contributed by atoms with Gasteiger partial charge in [-0.25, -0.2) is 0 Å². The van der Waals surface area contributed by atoms with Gasteiger partial charge in [-0.15, -0.1) is 0 Å². The van der Waals surface area contributed by atoms with Gasteiger partial charge in [-0.05, 0) is 43.2 Å². The van der Waals surface area contributed by atoms with Crippen LogP contribution in [0.4, 0.5) is 0 Å². The molecule has 4 atom stereocenters. The Morgan fingerprint density at radius 1 is 0.950 bits per heavy atom. The Labute approximate surface area is 231 Å². The van der Waals surface area contributed by atoms with E-state index in [0.29, 0.717) is 5.69 Å². The van der Waals surface area contributed by atoms with Crippen molar-refractivity contribution in [2.45, 2.75) is 76.5 Å². The Hall–Kier alpha value is -3.90. The van der Waals surface area contributed by atoms with Crippen LogP contribution in [0.25, 0.3) is 0 Å². The number of rotatable bonds is 10. The highest BCUT2D eigenvalue weighted by molar-refractivity contribution is 5.93. The number of aromatic nitrogens is 1. The molecule has 0 unspecified atom stereocenters. The minimum atomic E-state index is -1.46. The van der Waals surface area contributed by atoms with Crippen molar-refractivity contribution >= 4 is 35.6 Å². The number of amides is 4. The molecule has 13 nitrogen and oxygen atoms in total. The Balaban J connectivity index is 1.36. The van der Waals surface area contributed by atoms with Gasteiger partial charge in [0.1, 0.15) is 5.69 Å². The maximum atomic E-state index is 13.2. The number of aryl methyl sites for hydroxylation is 1. The van der Waals surface area contributed by atoms with Gasteiger partial charge in [0.25, 0.3) is 5.91 Å². The van der Waals surface area contributed by atoms with Crippen molar-refractivity contribution in [2.75, 3.05) is 13.1 Å². The van der Waals surface area contributed by atoms with Gasteiger partial charge in [-0.1, -0.05) is 13.8 Å². The number of aliphatic carboxylic acids is 2. The lowest BCUT2D eigenvalue weighted by Gasteiger charge is -2.33. The van der Waals surface area contributed by atoms with Crippen LogP contribution < -0.4 is 20.8 Å². The number of likely N-dealkylation sites (tertiary alicyclic amines) is 2. The number of hydrogen-bond acceptors (Lipinski definition) is 8. The highest BCUT2D eigenvalue weighted by Gasteiger charge is 2.43. The van der Waals surface area contributed by atoms with E-state index < -0.39 is 59.2 Å². The number of hydrogen-bond donors (Lipinski definition) is 2. The van der Waals surface area contributed by atoms with Crippen LogP contribution in [0.15, 0.2) is 18.3 Å². The molecule has 40 heavy (non-hydrogen) atoms. The monoisotopic (exact) mass is 557 g/mol. The molecule has 0 radical (unpaired) electrons. The van der Waals surface area contributed by atoms with E-state index in [1.54, 1.807) is 43.8 Å². The highest BCUT2D eigenvalue weighted by Crippen LogP contribution is 2.32. The number of carbonyl (C=O) groups excluding carboxylic acids is 6. The van der Waals surface area contributed by atoms with Crippen molar-refractivity contribution in [1.82, 2.24) is 25.0 Å². The van der Waals surface area contributed by atoms with Crippen molar-refractivity contribution in [3.63, 3.8) is 0 Å². The van der Waals surface area contributed by atoms with E-state index in [4.69, 9.17) is 0 Å². The van der Waals surface area contributed by atoms with E-state index in [1.165, 1.54) is 4.90 Å². The van der Waals surface area contributed by atoms with Crippen molar-refractivity contribution in [3.8, 4) is 0 Å². The minimum Gasteiger partial charge on any atom is -0.548 e. The molecule has 13 heteroatoms. The second-order valence-corrected chi connectivity index (χ2v) is 11.8. The molecule has 4 rings (SSSR count). The molecule has 0 aromatic carbocycles. The van der Waals surface area contributed by atoms with Crippen LogP contribution in [0, 0.1) is 11.3 Å². The fraction of sp³-hybridized carbons (Fsp3) is 0.630. The molecule has 1 aliphatic carbocycles. The van der Waals surface area contributed by atoms with Gasteiger partial charge in [-0.3, -0.25) is 19.2 Å². The summed E-state index contributed by atoms with van der Waals surface area (Å²) in [7, 11) is 1.70. The Bertz CT molecular complexity index is 1210. The third-order valence-corrected chi connectivity index (χ3v) is 7.90. The van der Waals surface area contributed by atoms with Gasteiger partial charge in [0.05, 0.1) is 30.1 Å². The summed E-state index contributed by atoms with van der Waals surface area (Å²) in [6.07, 6.45) is 3.12. The molecule has 3 heterocycles. The first-order valence-electron chi connectivity index (χ1n) is 13.5. The number of nitrogens with one attached hydrogen (secondary N) is 2. The zero-order chi connectivity index (χ0) is 29.4. The van der Waals surface area contributed by atoms with Gasteiger partial charge in [0, 0.05) is 51.1 Å². The van der Waals surface area contributed by atoms with Crippen molar-refractivity contribution in [1.29, 1.82) is 0 Å². The van der Waals surface area contributed by atoms with E-state index in [-0.39, 0.29) is 50.6 Å². The summed E-state index contributed by atoms with van der Waals surface area (Å²) >= 11 is 0. The fourth-order valence-corrected chi connectivity index (χ4v) is 5.64. The van der Waals surface area contributed by atoms with Crippen LogP contribution in [0.5, 0.6) is 0 Å². The highest BCUT2D eigenvalue weighted by atomic mass is 16.4. The molecule has 1 saturated carbocycles. The lowest BCUT2D eigenvalue weighted by atomic mass is 9.84. The largest absolute Gasteiger partial charge is 0.548 e. The minimum absolute atomic E-state index is 0.0152. The van der Waals surface area contributed by atoms with Gasteiger partial charge >= 0.3 is 0 Å². The van der Waals surface area contributed by atoms with Crippen LogP contribution in [-0.4, -0.2) is 87.2 Å². The summed E-state index contributed by atoms with van der Waals surface area (Å²) in [5.74, 6) is -4.64. The molecule has 0 spiro atoms. The van der Waals surface area contributed by atoms with Gasteiger partial charge < -0.3 is 44.8 Å². The Morgan fingerprint density at radius 3 is 2.15 bits per heavy atom. The molecule has 2 aliphatic heterocycles. The molecule has 218 valence electrons. The fourth-order valence-electron chi connectivity index (χ4n) is 5.64. The Kier molecular flexibility index (Phi) is 8.22. The van der Waals surface area contributed by atoms with Crippen LogP contribution in [0.2, 0.25) is 0 Å². The molecule has 2 N–H and O–H groups in total. The average molecular weight is 558 g/mol. The standard InChI is InChI=1S/C27H37N5O8/c1-27(2,12-20(33)31-10-8-17(22(31)26(39)40)29-23(35)15-6-7-15)13-21(34)32-14-16(11-19(32)25(37)38)28-24(36)18-5-4-9-30(18)3/h4-5,9,15-17,19,22H,6-8,10-14H2,1-3H3,(H,28,36)(H,29,35)(H,37,38)(H,39,40)/p-2/t16-,17-,19-,22-/m0/s1. The number of carbonyl (C=O) groups is 6. The third kappa shape index (κ3) is 6.45. The first-order valence-corrected chi connectivity index (χ1v) is 13.5. The zero-order valence-electron chi connectivity index (χ0n) is 22.9. The van der Waals surface area contributed by atoms with Gasteiger partial charge in [-0.2, -0.15) is 0 Å². The van der Waals surface area contributed by atoms with Crippen molar-refractivity contribution in [3.05, 3.63) is 24.0 Å². The second-order valence-electron chi connectivity index (χ2n) is 11.8. The summed E-state index contributed by atoms with van der Waals surface area (Å²) in [5.41, 5.74) is -0.554. The normalized spacial score (nSPS) is 24.6. The number of nitrogens with zero attached hydrogens (tertiary/aromatic N) is 3. The molecular weight excluding hydrogens is 522 g/mol. The first kappa shape index (κ1) is 29.1. The predicted molar refractivity (Wildman–Crippen MR) is 135 cm³/mol. The van der Waals surface area contributed by atoms with Crippen LogP contribution >= 0.6 is 0 Å². The first-order chi connectivity index (χ1) is 18.8. The smallest absolute Gasteiger partial charge is 0.268 e. The zero-order valence-corrected chi connectivity index (χ0v) is 22.9. The van der Waals surface area contributed by atoms with E-state index in [9.17, 15) is 39.0 Å². The van der Waals surface area contributed by atoms with Crippen LogP contribution in [0.1, 0.15) is 62.9 Å². The molecule has 0 bridgehead atoms. The summed E-state index contributed by atoms with van der Waals surface area (Å²) < 4.78 is 1.62. The van der Waals surface area contributed by atoms with E-state index in [0.717, 1.165) is 17.7 Å². The molecule has 1 aromatic heterocycles. The third-order valence-electron chi connectivity index (χ3n) is 7.90. The lowest BCUT2D eigenvalue weighted by Crippen LogP contribution is -2.56. The molecule has 3 aliphatic rings. The number of carboxylic acids is 2. The molecular formula is C27H35N5O8-2. The summed E-state index contributed by atoms with van der Waals surface area (Å²) in [6, 6.07) is -0.574. The molecule has 3 fully saturated rings. The van der Waals surface area contributed by atoms with E-state index >= 15 is 0 Å². The average Bonchev–Trinajstić information content (AvgIpc) is 3.26. The van der Waals surface area contributed by atoms with Crippen molar-refractivity contribution < 1.29 is 39.0 Å². The van der Waals surface area contributed by atoms with Crippen molar-refractivity contribution in [2.24, 2.45) is 18.4 Å². The topological polar surface area (TPSA) is 184 Å². The summed E-state index contributed by atoms with van der Waals surface area (Å²) in [4.78, 5) is 77.3. The van der Waals surface area contributed by atoms with E-state index in [1.807, 2.05) is 0 Å². The summed E-state index contributed by atoms with van der Waals surface area (Å²) in [5, 5.41) is 29.2. The quantitative estimate of drug-likeness (QED) is 0.317. The SMILES string of the molecule is Cn1cccc1C(=O)N[C@H]1C[C@@H](C(=O)[O-])N(C(=O)CC(C)(C)CC(=O)N2CC[C@H](NC(=O)C3CC3)[C@H]2C(=O)[O-])C1. The van der Waals surface area contributed by atoms with E-state index in [2.05, 4.69) is 10.6 Å². The maximum Gasteiger partial charge on any atom is 0.268 e. The lowest BCUT2D eigenvalue weighted by molar-refractivity contribution is -0.312. The van der Waals surface area contributed by atoms with Gasteiger partial charge in [0.15, 0.2) is 0 Å². The summed E-state index contributed by atoms with van der Waals surface area (Å²) in [6.45, 7) is 3.42. The Morgan fingerprint density at radius 2 is 1.60 bits per heavy atom. The predicted octanol–water partition coefficient (Wildman–Crippen LogP) is -2.47.